The first-order valence-electron chi connectivity index (χ1n) is 12.9. The number of alkyl halides is 3. The smallest absolute Gasteiger partial charge is 0.406 e. The quantitative estimate of drug-likeness (QED) is 0.239. The van der Waals surface area contributed by atoms with E-state index < -0.39 is 18.0 Å². The van der Waals surface area contributed by atoms with Crippen molar-refractivity contribution in [2.24, 2.45) is 0 Å². The summed E-state index contributed by atoms with van der Waals surface area (Å²) in [6.45, 7) is 3.14. The van der Waals surface area contributed by atoms with Crippen molar-refractivity contribution in [3.63, 3.8) is 0 Å². The number of aromatic nitrogens is 2. The first-order chi connectivity index (χ1) is 19.1. The fourth-order valence-corrected chi connectivity index (χ4v) is 5.13. The third-order valence-corrected chi connectivity index (χ3v) is 7.10. The van der Waals surface area contributed by atoms with Gasteiger partial charge in [0.1, 0.15) is 28.7 Å². The van der Waals surface area contributed by atoms with Crippen molar-refractivity contribution in [3.8, 4) is 5.75 Å². The molecule has 4 aromatic rings. The van der Waals surface area contributed by atoms with Crippen molar-refractivity contribution >= 4 is 29.6 Å². The zero-order valence-corrected chi connectivity index (χ0v) is 22.9. The predicted molar refractivity (Wildman–Crippen MR) is 147 cm³/mol. The third kappa shape index (κ3) is 6.90. The molecule has 6 nitrogen and oxygen atoms in total. The van der Waals surface area contributed by atoms with E-state index in [9.17, 15) is 22.4 Å². The number of fused-ring (bicyclic) bond motifs is 1. The molecule has 0 saturated carbocycles. The number of rotatable bonds is 7. The summed E-state index contributed by atoms with van der Waals surface area (Å²) in [5.41, 5.74) is 3.17. The number of hydrogen-bond donors (Lipinski definition) is 1. The second kappa shape index (κ2) is 12.3. The molecule has 1 N–H and O–H groups in total. The molecule has 0 atom stereocenters. The fourth-order valence-electron chi connectivity index (χ4n) is 5.13. The molecule has 1 aliphatic heterocycles. The number of imidazole rings is 1. The standard InChI is InChI=1S/C29H27F5N4O2.ClH/c1-2-24-27(38-14-11-21(30)16-26(38)36-24)28(39)35-17-18-3-8-25(23(31)15-18)37-12-9-20(10-13-37)19-4-6-22(7-5-19)40-29(32,33)34;/h3-8,11,14-16,20H,2,9-10,12-13,17H2,1H3,(H,35,39);1H. The number of piperidine rings is 1. The van der Waals surface area contributed by atoms with Crippen molar-refractivity contribution < 1.29 is 31.5 Å². The van der Waals surface area contributed by atoms with Gasteiger partial charge in [-0.05, 0) is 66.6 Å². The maximum absolute atomic E-state index is 15.1. The van der Waals surface area contributed by atoms with Gasteiger partial charge in [-0.15, -0.1) is 25.6 Å². The van der Waals surface area contributed by atoms with Gasteiger partial charge >= 0.3 is 6.36 Å². The lowest BCUT2D eigenvalue weighted by Crippen LogP contribution is -2.33. The Morgan fingerprint density at radius 1 is 1.05 bits per heavy atom. The van der Waals surface area contributed by atoms with Crippen molar-refractivity contribution in [2.45, 2.75) is 45.0 Å². The number of aryl methyl sites for hydroxylation is 1. The Kier molecular flexibility index (Phi) is 9.06. The molecule has 2 aromatic heterocycles. The average Bonchev–Trinajstić information content (AvgIpc) is 3.29. The molecule has 5 rings (SSSR count). The number of halogens is 6. The lowest BCUT2D eigenvalue weighted by Gasteiger charge is -2.34. The van der Waals surface area contributed by atoms with Gasteiger partial charge in [0.05, 0.1) is 11.4 Å². The number of ether oxygens (including phenoxy) is 1. The molecule has 12 heteroatoms. The summed E-state index contributed by atoms with van der Waals surface area (Å²) in [6, 6.07) is 13.3. The van der Waals surface area contributed by atoms with E-state index in [0.29, 0.717) is 47.8 Å². The number of carbonyl (C=O) groups is 1. The van der Waals surface area contributed by atoms with Crippen molar-refractivity contribution in [1.82, 2.24) is 14.7 Å². The van der Waals surface area contributed by atoms with Crippen molar-refractivity contribution in [3.05, 3.63) is 94.9 Å². The number of hydrogen-bond acceptors (Lipinski definition) is 4. The van der Waals surface area contributed by atoms with Crippen LogP contribution in [0.1, 0.15) is 53.0 Å². The van der Waals surface area contributed by atoms with Crippen LogP contribution in [0.15, 0.2) is 60.8 Å². The van der Waals surface area contributed by atoms with Crippen LogP contribution in [-0.4, -0.2) is 34.7 Å². The van der Waals surface area contributed by atoms with Crippen LogP contribution in [-0.2, 0) is 13.0 Å². The molecule has 1 amide bonds. The minimum Gasteiger partial charge on any atom is -0.406 e. The van der Waals surface area contributed by atoms with Gasteiger partial charge < -0.3 is 15.0 Å². The lowest BCUT2D eigenvalue weighted by atomic mass is 9.89. The van der Waals surface area contributed by atoms with Crippen LogP contribution < -0.4 is 15.0 Å². The van der Waals surface area contributed by atoms with Gasteiger partial charge in [-0.2, -0.15) is 0 Å². The monoisotopic (exact) mass is 594 g/mol. The number of nitrogens with one attached hydrogen (secondary N) is 1. The van der Waals surface area contributed by atoms with Crippen LogP contribution in [0.3, 0.4) is 0 Å². The van der Waals surface area contributed by atoms with Crippen LogP contribution in [0, 0.1) is 11.6 Å². The lowest BCUT2D eigenvalue weighted by molar-refractivity contribution is -0.274. The average molecular weight is 595 g/mol. The molecular formula is C29H28ClF5N4O2. The Balaban J connectivity index is 0.00000387. The van der Waals surface area contributed by atoms with Gasteiger partial charge in [0, 0.05) is 31.9 Å². The summed E-state index contributed by atoms with van der Waals surface area (Å²) in [5, 5.41) is 2.80. The molecule has 1 aliphatic rings. The molecular weight excluding hydrogens is 567 g/mol. The van der Waals surface area contributed by atoms with E-state index in [4.69, 9.17) is 0 Å². The minimum absolute atomic E-state index is 0. The number of carbonyl (C=O) groups excluding carboxylic acids is 1. The summed E-state index contributed by atoms with van der Waals surface area (Å²) >= 11 is 0. The number of benzene rings is 2. The summed E-state index contributed by atoms with van der Waals surface area (Å²) in [7, 11) is 0. The van der Waals surface area contributed by atoms with E-state index in [2.05, 4.69) is 15.0 Å². The van der Waals surface area contributed by atoms with Gasteiger partial charge in [0.2, 0.25) is 0 Å². The maximum atomic E-state index is 15.1. The van der Waals surface area contributed by atoms with Gasteiger partial charge in [-0.1, -0.05) is 25.1 Å². The molecule has 0 spiro atoms. The van der Waals surface area contributed by atoms with Crippen molar-refractivity contribution in [1.29, 1.82) is 0 Å². The number of amides is 1. The molecule has 1 fully saturated rings. The Labute approximate surface area is 239 Å². The minimum atomic E-state index is -4.73. The van der Waals surface area contributed by atoms with Gasteiger partial charge in [-0.25, -0.2) is 13.8 Å². The molecule has 2 aromatic carbocycles. The van der Waals surface area contributed by atoms with E-state index in [1.807, 2.05) is 11.8 Å². The number of nitrogens with zero attached hydrogens (tertiary/aromatic N) is 3. The second-order valence-electron chi connectivity index (χ2n) is 9.68. The van der Waals surface area contributed by atoms with Gasteiger partial charge in [0.25, 0.3) is 5.91 Å². The molecule has 3 heterocycles. The first-order valence-corrected chi connectivity index (χ1v) is 12.9. The summed E-state index contributed by atoms with van der Waals surface area (Å²) in [5.74, 6) is -1.34. The van der Waals surface area contributed by atoms with Crippen LogP contribution in [0.2, 0.25) is 0 Å². The molecule has 0 unspecified atom stereocenters. The van der Waals surface area contributed by atoms with E-state index in [1.165, 1.54) is 40.9 Å². The van der Waals surface area contributed by atoms with E-state index in [1.54, 1.807) is 24.3 Å². The molecule has 0 bridgehead atoms. The Morgan fingerprint density at radius 3 is 2.39 bits per heavy atom. The van der Waals surface area contributed by atoms with Crippen LogP contribution in [0.5, 0.6) is 5.75 Å². The summed E-state index contributed by atoms with van der Waals surface area (Å²) in [4.78, 5) is 19.2. The Morgan fingerprint density at radius 2 is 1.76 bits per heavy atom. The zero-order valence-electron chi connectivity index (χ0n) is 22.0. The first kappa shape index (κ1) is 30.1. The molecule has 0 radical (unpaired) electrons. The fraction of sp³-hybridized carbons (Fsp3) is 0.310. The van der Waals surface area contributed by atoms with E-state index in [-0.39, 0.29) is 36.5 Å². The van der Waals surface area contributed by atoms with E-state index in [0.717, 1.165) is 18.4 Å². The molecule has 1 saturated heterocycles. The van der Waals surface area contributed by atoms with Gasteiger partial charge in [-0.3, -0.25) is 9.20 Å². The van der Waals surface area contributed by atoms with Gasteiger partial charge in [0.15, 0.2) is 0 Å². The molecule has 218 valence electrons. The molecule has 41 heavy (non-hydrogen) atoms. The normalized spacial score (nSPS) is 14.1. The SMILES string of the molecule is CCc1nc2cc(F)ccn2c1C(=O)NCc1ccc(N2CCC(c3ccc(OC(F)(F)F)cc3)CC2)c(F)c1.Cl. The van der Waals surface area contributed by atoms with E-state index >= 15 is 4.39 Å². The number of anilines is 1. The van der Waals surface area contributed by atoms with Crippen LogP contribution in [0.4, 0.5) is 27.6 Å². The second-order valence-corrected chi connectivity index (χ2v) is 9.68. The summed E-state index contributed by atoms with van der Waals surface area (Å²) < 4.78 is 71.3. The highest BCUT2D eigenvalue weighted by molar-refractivity contribution is 5.94. The molecule has 0 aliphatic carbocycles. The number of pyridine rings is 1. The highest BCUT2D eigenvalue weighted by atomic mass is 35.5. The van der Waals surface area contributed by atoms with Crippen LogP contribution >= 0.6 is 12.4 Å². The summed E-state index contributed by atoms with van der Waals surface area (Å²) in [6.07, 6.45) is -1.34. The van der Waals surface area contributed by atoms with Crippen LogP contribution in [0.25, 0.3) is 5.65 Å². The van der Waals surface area contributed by atoms with Crippen molar-refractivity contribution in [2.75, 3.05) is 18.0 Å². The Bertz CT molecular complexity index is 1520. The highest BCUT2D eigenvalue weighted by Crippen LogP contribution is 2.33. The Hall–Kier alpha value is -3.86. The predicted octanol–water partition coefficient (Wildman–Crippen LogP) is 6.81. The highest BCUT2D eigenvalue weighted by Gasteiger charge is 2.31. The maximum Gasteiger partial charge on any atom is 0.573 e. The topological polar surface area (TPSA) is 58.9 Å². The third-order valence-electron chi connectivity index (χ3n) is 7.10. The zero-order chi connectivity index (χ0) is 28.4. The largest absolute Gasteiger partial charge is 0.573 e.